The standard InChI is InChI=1S/C20H18N2O4S/c23-18(22-16-8-3-6-14-5-1-2-7-15(14)16)13-26-19(24)10-11-21-20(25)17-9-4-12-27-17/h1-9,12H,10-11,13H2,(H,21,25)(H,22,23). The molecule has 0 aliphatic rings. The lowest BCUT2D eigenvalue weighted by Crippen LogP contribution is -2.27. The van der Waals surface area contributed by atoms with Crippen LogP contribution in [0, 0.1) is 0 Å². The van der Waals surface area contributed by atoms with E-state index < -0.39 is 11.9 Å². The minimum absolute atomic E-state index is 0.00133. The maximum atomic E-state index is 12.0. The molecule has 0 saturated heterocycles. The molecule has 2 aromatic carbocycles. The predicted molar refractivity (Wildman–Crippen MR) is 105 cm³/mol. The molecule has 27 heavy (non-hydrogen) atoms. The summed E-state index contributed by atoms with van der Waals surface area (Å²) in [6.45, 7) is -0.221. The van der Waals surface area contributed by atoms with Crippen molar-refractivity contribution in [1.82, 2.24) is 5.32 Å². The number of anilines is 1. The van der Waals surface area contributed by atoms with Crippen molar-refractivity contribution < 1.29 is 19.1 Å². The van der Waals surface area contributed by atoms with Crippen LogP contribution in [0.3, 0.4) is 0 Å². The highest BCUT2D eigenvalue weighted by Crippen LogP contribution is 2.22. The molecule has 1 heterocycles. The molecule has 0 spiro atoms. The third-order valence-electron chi connectivity index (χ3n) is 3.79. The van der Waals surface area contributed by atoms with Crippen LogP contribution in [-0.4, -0.2) is 30.9 Å². The van der Waals surface area contributed by atoms with Gasteiger partial charge in [0.05, 0.1) is 11.3 Å². The zero-order valence-electron chi connectivity index (χ0n) is 14.4. The van der Waals surface area contributed by atoms with Gasteiger partial charge >= 0.3 is 5.97 Å². The molecular formula is C20H18N2O4S. The highest BCUT2D eigenvalue weighted by atomic mass is 32.1. The molecule has 0 aliphatic carbocycles. The van der Waals surface area contributed by atoms with Gasteiger partial charge in [-0.15, -0.1) is 11.3 Å². The molecule has 0 fully saturated rings. The summed E-state index contributed by atoms with van der Waals surface area (Å²) in [4.78, 5) is 36.1. The molecule has 0 aliphatic heterocycles. The van der Waals surface area contributed by atoms with Crippen LogP contribution in [0.15, 0.2) is 60.0 Å². The second-order valence-electron chi connectivity index (χ2n) is 5.72. The molecule has 2 N–H and O–H groups in total. The van der Waals surface area contributed by atoms with Crippen LogP contribution in [0.4, 0.5) is 5.69 Å². The van der Waals surface area contributed by atoms with Gasteiger partial charge in [0, 0.05) is 17.6 Å². The summed E-state index contributed by atoms with van der Waals surface area (Å²) in [6.07, 6.45) is -0.00133. The zero-order chi connectivity index (χ0) is 19.1. The molecule has 0 atom stereocenters. The molecule has 0 saturated carbocycles. The molecule has 3 rings (SSSR count). The van der Waals surface area contributed by atoms with Crippen molar-refractivity contribution in [3.8, 4) is 0 Å². The van der Waals surface area contributed by atoms with Crippen molar-refractivity contribution in [2.24, 2.45) is 0 Å². The van der Waals surface area contributed by atoms with Gasteiger partial charge in [-0.2, -0.15) is 0 Å². The summed E-state index contributed by atoms with van der Waals surface area (Å²) >= 11 is 1.32. The number of rotatable bonds is 7. The smallest absolute Gasteiger partial charge is 0.308 e. The van der Waals surface area contributed by atoms with E-state index in [1.165, 1.54) is 11.3 Å². The molecule has 6 nitrogen and oxygen atoms in total. The Morgan fingerprint density at radius 2 is 1.78 bits per heavy atom. The Balaban J connectivity index is 1.42. The normalized spacial score (nSPS) is 10.4. The maximum Gasteiger partial charge on any atom is 0.308 e. The summed E-state index contributed by atoms with van der Waals surface area (Å²) in [7, 11) is 0. The fraction of sp³-hybridized carbons (Fsp3) is 0.150. The Kier molecular flexibility index (Phi) is 6.17. The largest absolute Gasteiger partial charge is 0.456 e. The lowest BCUT2D eigenvalue weighted by molar-refractivity contribution is -0.147. The Hall–Kier alpha value is -3.19. The Bertz CT molecular complexity index is 948. The quantitative estimate of drug-likeness (QED) is 0.615. The number of hydrogen-bond acceptors (Lipinski definition) is 5. The van der Waals surface area contributed by atoms with Gasteiger partial charge in [0.25, 0.3) is 11.8 Å². The van der Waals surface area contributed by atoms with Gasteiger partial charge in [-0.3, -0.25) is 14.4 Å². The number of carbonyl (C=O) groups is 3. The van der Waals surface area contributed by atoms with Gasteiger partial charge in [0.1, 0.15) is 0 Å². The van der Waals surface area contributed by atoms with Crippen molar-refractivity contribution in [3.05, 3.63) is 64.9 Å². The topological polar surface area (TPSA) is 84.5 Å². The summed E-state index contributed by atoms with van der Waals surface area (Å²) in [5.41, 5.74) is 0.664. The Morgan fingerprint density at radius 3 is 2.59 bits per heavy atom. The molecular weight excluding hydrogens is 364 g/mol. The van der Waals surface area contributed by atoms with E-state index in [-0.39, 0.29) is 25.5 Å². The second-order valence-corrected chi connectivity index (χ2v) is 6.67. The number of esters is 1. The minimum atomic E-state index is -0.547. The third-order valence-corrected chi connectivity index (χ3v) is 4.66. The lowest BCUT2D eigenvalue weighted by Gasteiger charge is -2.09. The van der Waals surface area contributed by atoms with E-state index in [4.69, 9.17) is 4.74 Å². The van der Waals surface area contributed by atoms with E-state index in [9.17, 15) is 14.4 Å². The first-order valence-corrected chi connectivity index (χ1v) is 9.26. The molecule has 0 radical (unpaired) electrons. The third kappa shape index (κ3) is 5.15. The van der Waals surface area contributed by atoms with Crippen LogP contribution in [0.5, 0.6) is 0 Å². The van der Waals surface area contributed by atoms with Crippen molar-refractivity contribution in [2.45, 2.75) is 6.42 Å². The summed E-state index contributed by atoms with van der Waals surface area (Å²) in [6, 6.07) is 16.8. The second kappa shape index (κ2) is 8.95. The summed E-state index contributed by atoms with van der Waals surface area (Å²) in [5, 5.41) is 9.11. The number of ether oxygens (including phenoxy) is 1. The van der Waals surface area contributed by atoms with Gasteiger partial charge in [-0.1, -0.05) is 42.5 Å². The van der Waals surface area contributed by atoms with Gasteiger partial charge in [0.2, 0.25) is 0 Å². The van der Waals surface area contributed by atoms with Crippen LogP contribution in [0.1, 0.15) is 16.1 Å². The first-order chi connectivity index (χ1) is 13.1. The minimum Gasteiger partial charge on any atom is -0.456 e. The van der Waals surface area contributed by atoms with E-state index in [0.717, 1.165) is 10.8 Å². The van der Waals surface area contributed by atoms with E-state index >= 15 is 0 Å². The first kappa shape index (κ1) is 18.6. The Morgan fingerprint density at radius 1 is 0.963 bits per heavy atom. The van der Waals surface area contributed by atoms with Crippen LogP contribution >= 0.6 is 11.3 Å². The molecule has 0 unspecified atom stereocenters. The van der Waals surface area contributed by atoms with Crippen LogP contribution in [0.25, 0.3) is 10.8 Å². The fourth-order valence-corrected chi connectivity index (χ4v) is 3.15. The number of benzene rings is 2. The number of nitrogens with one attached hydrogen (secondary N) is 2. The van der Waals surface area contributed by atoms with E-state index in [1.807, 2.05) is 36.4 Å². The first-order valence-electron chi connectivity index (χ1n) is 8.38. The van der Waals surface area contributed by atoms with Gasteiger partial charge in [0.15, 0.2) is 6.61 Å². The zero-order valence-corrected chi connectivity index (χ0v) is 15.3. The number of amides is 2. The van der Waals surface area contributed by atoms with Crippen molar-refractivity contribution in [2.75, 3.05) is 18.5 Å². The summed E-state index contributed by atoms with van der Waals surface area (Å²) in [5.74, 6) is -1.19. The number of hydrogen-bond donors (Lipinski definition) is 2. The molecule has 0 bridgehead atoms. The number of carbonyl (C=O) groups excluding carboxylic acids is 3. The fourth-order valence-electron chi connectivity index (χ4n) is 2.51. The van der Waals surface area contributed by atoms with Gasteiger partial charge in [-0.25, -0.2) is 0 Å². The lowest BCUT2D eigenvalue weighted by atomic mass is 10.1. The van der Waals surface area contributed by atoms with Crippen molar-refractivity contribution in [1.29, 1.82) is 0 Å². The SMILES string of the molecule is O=C(COC(=O)CCNC(=O)c1cccs1)Nc1cccc2ccccc12. The van der Waals surface area contributed by atoms with Crippen molar-refractivity contribution >= 4 is 45.6 Å². The monoisotopic (exact) mass is 382 g/mol. The van der Waals surface area contributed by atoms with Crippen LogP contribution in [0.2, 0.25) is 0 Å². The molecule has 2 amide bonds. The molecule has 138 valence electrons. The van der Waals surface area contributed by atoms with Crippen molar-refractivity contribution in [3.63, 3.8) is 0 Å². The average Bonchev–Trinajstić information content (AvgIpc) is 3.21. The summed E-state index contributed by atoms with van der Waals surface area (Å²) < 4.78 is 4.96. The number of fused-ring (bicyclic) bond motifs is 1. The van der Waals surface area contributed by atoms with Gasteiger partial charge < -0.3 is 15.4 Å². The van der Waals surface area contributed by atoms with E-state index in [1.54, 1.807) is 23.6 Å². The highest BCUT2D eigenvalue weighted by Gasteiger charge is 2.11. The average molecular weight is 382 g/mol. The Labute approximate surface area is 160 Å². The van der Waals surface area contributed by atoms with Crippen LogP contribution < -0.4 is 10.6 Å². The number of thiophene rings is 1. The maximum absolute atomic E-state index is 12.0. The van der Waals surface area contributed by atoms with Gasteiger partial charge in [-0.05, 0) is 22.9 Å². The molecule has 7 heteroatoms. The predicted octanol–water partition coefficient (Wildman–Crippen LogP) is 3.20. The van der Waals surface area contributed by atoms with E-state index in [0.29, 0.717) is 10.6 Å². The highest BCUT2D eigenvalue weighted by molar-refractivity contribution is 7.12. The molecule has 1 aromatic heterocycles. The van der Waals surface area contributed by atoms with E-state index in [2.05, 4.69) is 10.6 Å². The molecule has 3 aromatic rings. The van der Waals surface area contributed by atoms with Crippen LogP contribution in [-0.2, 0) is 14.3 Å².